The highest BCUT2D eigenvalue weighted by atomic mass is 16.1. The van der Waals surface area contributed by atoms with E-state index >= 15 is 0 Å². The van der Waals surface area contributed by atoms with E-state index in [2.05, 4.69) is 0 Å². The summed E-state index contributed by atoms with van der Waals surface area (Å²) >= 11 is 0. The molecule has 0 aromatic carbocycles. The van der Waals surface area contributed by atoms with Gasteiger partial charge in [0.25, 0.3) is 0 Å². The molecule has 0 radical (unpaired) electrons. The monoisotopic (exact) mass is 155 g/mol. The number of carbonyl (C=O) groups excluding carboxylic acids is 1. The summed E-state index contributed by atoms with van der Waals surface area (Å²) < 4.78 is 0. The molecule has 0 saturated heterocycles. The molecule has 2 nitrogen and oxygen atoms in total. The minimum Gasteiger partial charge on any atom is -0.319 e. The van der Waals surface area contributed by atoms with Gasteiger partial charge in [0.15, 0.2) is 0 Å². The molecule has 1 atom stereocenters. The molecule has 0 unspecified atom stereocenters. The molecule has 0 aromatic heterocycles. The maximum absolute atomic E-state index is 10.9. The Bertz CT molecular complexity index is 176. The van der Waals surface area contributed by atoms with Crippen LogP contribution in [0.2, 0.25) is 0 Å². The normalized spacial score (nSPS) is 15.4. The van der Waals surface area contributed by atoms with Crippen LogP contribution >= 0.6 is 0 Å². The average molecular weight is 155 g/mol. The minimum absolute atomic E-state index is 0.0370. The summed E-state index contributed by atoms with van der Waals surface area (Å²) in [5.41, 5.74) is 6.23. The van der Waals surface area contributed by atoms with E-state index in [0.29, 0.717) is 6.42 Å². The van der Waals surface area contributed by atoms with Gasteiger partial charge in [0.2, 0.25) is 0 Å². The van der Waals surface area contributed by atoms with Crippen LogP contribution in [0.1, 0.15) is 34.1 Å². The lowest BCUT2D eigenvalue weighted by Crippen LogP contribution is -2.42. The van der Waals surface area contributed by atoms with Gasteiger partial charge in [0, 0.05) is 0 Å². The van der Waals surface area contributed by atoms with Gasteiger partial charge in [-0.25, -0.2) is 0 Å². The largest absolute Gasteiger partial charge is 0.319 e. The van der Waals surface area contributed by atoms with E-state index in [1.807, 2.05) is 19.9 Å². The number of carbonyl (C=O) groups is 1. The maximum Gasteiger partial charge on any atom is 0.149 e. The van der Waals surface area contributed by atoms with Gasteiger partial charge in [-0.3, -0.25) is 4.79 Å². The molecule has 0 spiro atoms. The molecule has 0 rings (SSSR count). The van der Waals surface area contributed by atoms with Crippen molar-refractivity contribution in [2.75, 3.05) is 0 Å². The first-order chi connectivity index (χ1) is 4.86. The van der Waals surface area contributed by atoms with Crippen LogP contribution < -0.4 is 5.73 Å². The lowest BCUT2D eigenvalue weighted by molar-refractivity contribution is -0.121. The summed E-state index contributed by atoms with van der Waals surface area (Å²) in [6.07, 6.45) is 2.62. The molecule has 0 saturated carbocycles. The molecular formula is C9H17NO. The second-order valence-electron chi connectivity index (χ2n) is 3.46. The summed E-state index contributed by atoms with van der Waals surface area (Å²) in [5.74, 6) is 0.0370. The third-order valence-corrected chi connectivity index (χ3v) is 1.74. The van der Waals surface area contributed by atoms with Crippen molar-refractivity contribution in [1.82, 2.24) is 0 Å². The summed E-state index contributed by atoms with van der Waals surface area (Å²) in [6, 6.07) is 0. The highest BCUT2D eigenvalue weighted by Crippen LogP contribution is 2.09. The predicted octanol–water partition coefficient (Wildman–Crippen LogP) is 1.65. The topological polar surface area (TPSA) is 43.1 Å². The molecule has 2 N–H and O–H groups in total. The zero-order valence-corrected chi connectivity index (χ0v) is 7.77. The maximum atomic E-state index is 10.9. The molecule has 0 aromatic rings. The van der Waals surface area contributed by atoms with Crippen molar-refractivity contribution < 1.29 is 4.79 Å². The second-order valence-corrected chi connectivity index (χ2v) is 3.46. The smallest absolute Gasteiger partial charge is 0.149 e. The van der Waals surface area contributed by atoms with Gasteiger partial charge in [0.05, 0.1) is 5.54 Å². The fourth-order valence-corrected chi connectivity index (χ4v) is 0.560. The number of allylic oxidation sites excluding steroid dienone is 1. The van der Waals surface area contributed by atoms with Crippen molar-refractivity contribution in [2.45, 2.75) is 39.7 Å². The Morgan fingerprint density at radius 3 is 2.18 bits per heavy atom. The predicted molar refractivity (Wildman–Crippen MR) is 47.3 cm³/mol. The molecular weight excluding hydrogens is 138 g/mol. The third-order valence-electron chi connectivity index (χ3n) is 1.74. The molecule has 0 amide bonds. The van der Waals surface area contributed by atoms with Crippen molar-refractivity contribution in [3.63, 3.8) is 0 Å². The van der Waals surface area contributed by atoms with Crippen LogP contribution in [0, 0.1) is 0 Å². The van der Waals surface area contributed by atoms with Crippen molar-refractivity contribution in [1.29, 1.82) is 0 Å². The van der Waals surface area contributed by atoms with Gasteiger partial charge in [-0.1, -0.05) is 11.6 Å². The van der Waals surface area contributed by atoms with E-state index in [1.54, 1.807) is 6.92 Å². The van der Waals surface area contributed by atoms with Gasteiger partial charge in [0.1, 0.15) is 5.78 Å². The molecule has 2 heteroatoms. The Balaban J connectivity index is 4.14. The molecule has 0 aliphatic carbocycles. The SMILES string of the molecule is CC(=O)[C@@](C)(N)CC=C(C)C. The molecule has 64 valence electrons. The fraction of sp³-hybridized carbons (Fsp3) is 0.667. The standard InChI is InChI=1S/C9H17NO/c1-7(2)5-6-9(4,10)8(3)11/h5H,6,10H2,1-4H3/t9-/m0/s1. The first-order valence-corrected chi connectivity index (χ1v) is 3.79. The Morgan fingerprint density at radius 2 is 1.91 bits per heavy atom. The Labute approximate surface area is 68.5 Å². The van der Waals surface area contributed by atoms with Gasteiger partial charge >= 0.3 is 0 Å². The van der Waals surface area contributed by atoms with Crippen LogP contribution in [0.3, 0.4) is 0 Å². The quantitative estimate of drug-likeness (QED) is 0.630. The Kier molecular flexibility index (Phi) is 3.46. The first kappa shape index (κ1) is 10.4. The van der Waals surface area contributed by atoms with Crippen LogP contribution in [0.15, 0.2) is 11.6 Å². The molecule has 0 bridgehead atoms. The van der Waals surface area contributed by atoms with Gasteiger partial charge in [-0.05, 0) is 34.1 Å². The van der Waals surface area contributed by atoms with E-state index in [1.165, 1.54) is 12.5 Å². The van der Waals surface area contributed by atoms with E-state index in [0.717, 1.165) is 0 Å². The molecule has 0 heterocycles. The van der Waals surface area contributed by atoms with Crippen molar-refractivity contribution in [3.8, 4) is 0 Å². The van der Waals surface area contributed by atoms with Gasteiger partial charge in [-0.15, -0.1) is 0 Å². The number of Topliss-reactive ketones (excluding diaryl/α,β-unsaturated/α-hetero) is 1. The summed E-state index contributed by atoms with van der Waals surface area (Å²) in [4.78, 5) is 10.9. The van der Waals surface area contributed by atoms with Crippen LogP contribution in [0.25, 0.3) is 0 Å². The number of ketones is 1. The number of rotatable bonds is 3. The lowest BCUT2D eigenvalue weighted by atomic mass is 9.94. The van der Waals surface area contributed by atoms with Crippen LogP contribution in [0.4, 0.5) is 0 Å². The zero-order valence-electron chi connectivity index (χ0n) is 7.77. The Hall–Kier alpha value is -0.630. The molecule has 0 aliphatic rings. The molecule has 11 heavy (non-hydrogen) atoms. The summed E-state index contributed by atoms with van der Waals surface area (Å²) in [6.45, 7) is 7.28. The van der Waals surface area contributed by atoms with Crippen molar-refractivity contribution in [2.24, 2.45) is 5.73 Å². The number of hydrogen-bond acceptors (Lipinski definition) is 2. The highest BCUT2D eigenvalue weighted by Gasteiger charge is 2.21. The van der Waals surface area contributed by atoms with E-state index in [9.17, 15) is 4.79 Å². The second kappa shape index (κ2) is 3.67. The van der Waals surface area contributed by atoms with Crippen molar-refractivity contribution >= 4 is 5.78 Å². The van der Waals surface area contributed by atoms with E-state index in [4.69, 9.17) is 5.73 Å². The molecule has 0 aliphatic heterocycles. The van der Waals surface area contributed by atoms with E-state index < -0.39 is 5.54 Å². The number of nitrogens with two attached hydrogens (primary N) is 1. The molecule has 0 fully saturated rings. The first-order valence-electron chi connectivity index (χ1n) is 3.79. The van der Waals surface area contributed by atoms with Crippen LogP contribution in [-0.4, -0.2) is 11.3 Å². The van der Waals surface area contributed by atoms with Gasteiger partial charge < -0.3 is 5.73 Å². The lowest BCUT2D eigenvalue weighted by Gasteiger charge is -2.18. The zero-order chi connectivity index (χ0) is 9.07. The minimum atomic E-state index is -0.683. The van der Waals surface area contributed by atoms with Gasteiger partial charge in [-0.2, -0.15) is 0 Å². The highest BCUT2D eigenvalue weighted by molar-refractivity contribution is 5.85. The summed E-state index contributed by atoms with van der Waals surface area (Å²) in [5, 5.41) is 0. The number of hydrogen-bond donors (Lipinski definition) is 1. The van der Waals surface area contributed by atoms with Crippen molar-refractivity contribution in [3.05, 3.63) is 11.6 Å². The Morgan fingerprint density at radius 1 is 1.45 bits per heavy atom. The van der Waals surface area contributed by atoms with Crippen LogP contribution in [-0.2, 0) is 4.79 Å². The fourth-order valence-electron chi connectivity index (χ4n) is 0.560. The average Bonchev–Trinajstić information content (AvgIpc) is 1.84. The third kappa shape index (κ3) is 3.94. The van der Waals surface area contributed by atoms with Crippen LogP contribution in [0.5, 0.6) is 0 Å². The summed E-state index contributed by atoms with van der Waals surface area (Å²) in [7, 11) is 0. The van der Waals surface area contributed by atoms with E-state index in [-0.39, 0.29) is 5.78 Å².